The monoisotopic (exact) mass is 270 g/mol. The maximum atomic E-state index is 13.7. The number of benzene rings is 1. The Labute approximate surface area is 114 Å². The number of hydrogen-bond donors (Lipinski definition) is 1. The van der Waals surface area contributed by atoms with Gasteiger partial charge in [0, 0.05) is 12.0 Å². The second-order valence-electron chi connectivity index (χ2n) is 4.62. The van der Waals surface area contributed by atoms with Crippen molar-refractivity contribution in [2.75, 3.05) is 5.73 Å². The number of ether oxygens (including phenoxy) is 1. The van der Waals surface area contributed by atoms with Gasteiger partial charge < -0.3 is 10.5 Å². The quantitative estimate of drug-likeness (QED) is 0.926. The van der Waals surface area contributed by atoms with Crippen molar-refractivity contribution in [1.29, 1.82) is 5.26 Å². The lowest BCUT2D eigenvalue weighted by atomic mass is 10.2. The van der Waals surface area contributed by atoms with E-state index < -0.39 is 5.82 Å². The first-order chi connectivity index (χ1) is 9.65. The Kier molecular flexibility index (Phi) is 2.95. The van der Waals surface area contributed by atoms with Gasteiger partial charge in [-0.25, -0.2) is 9.37 Å². The summed E-state index contributed by atoms with van der Waals surface area (Å²) in [5.74, 6) is 0.854. The number of nitriles is 1. The van der Waals surface area contributed by atoms with Crippen LogP contribution >= 0.6 is 0 Å². The van der Waals surface area contributed by atoms with Gasteiger partial charge in [0.25, 0.3) is 0 Å². The predicted molar refractivity (Wildman–Crippen MR) is 69.6 cm³/mol. The Hall–Kier alpha value is -2.68. The van der Waals surface area contributed by atoms with E-state index in [-0.39, 0.29) is 17.2 Å². The molecule has 0 unspecified atom stereocenters. The van der Waals surface area contributed by atoms with Crippen LogP contribution in [0.1, 0.15) is 30.1 Å². The Morgan fingerprint density at radius 2 is 2.10 bits per heavy atom. The van der Waals surface area contributed by atoms with E-state index in [1.54, 1.807) is 0 Å². The molecule has 2 N–H and O–H groups in total. The highest BCUT2D eigenvalue weighted by Crippen LogP contribution is 2.39. The molecule has 0 atom stereocenters. The molecule has 5 nitrogen and oxygen atoms in total. The van der Waals surface area contributed by atoms with Crippen LogP contribution in [-0.2, 0) is 0 Å². The summed E-state index contributed by atoms with van der Waals surface area (Å²) in [5, 5.41) is 8.69. The molecular formula is C14H11FN4O. The molecule has 1 fully saturated rings. The SMILES string of the molecule is N#Cc1ccc(Oc2cc(N)nc(C3CC3)n2)c(F)c1. The molecule has 0 bridgehead atoms. The molecule has 2 aromatic rings. The van der Waals surface area contributed by atoms with Crippen LogP contribution in [0.25, 0.3) is 0 Å². The molecular weight excluding hydrogens is 259 g/mol. The van der Waals surface area contributed by atoms with Gasteiger partial charge in [-0.15, -0.1) is 0 Å². The number of nitrogen functional groups attached to an aromatic ring is 1. The van der Waals surface area contributed by atoms with Crippen molar-refractivity contribution in [3.8, 4) is 17.7 Å². The van der Waals surface area contributed by atoms with Crippen LogP contribution in [0.5, 0.6) is 11.6 Å². The van der Waals surface area contributed by atoms with Crippen molar-refractivity contribution < 1.29 is 9.13 Å². The fraction of sp³-hybridized carbons (Fsp3) is 0.214. The van der Waals surface area contributed by atoms with Gasteiger partial charge in [-0.1, -0.05) is 0 Å². The summed E-state index contributed by atoms with van der Waals surface area (Å²) in [5.41, 5.74) is 5.93. The highest BCUT2D eigenvalue weighted by Gasteiger charge is 2.27. The largest absolute Gasteiger partial charge is 0.436 e. The van der Waals surface area contributed by atoms with E-state index in [0.717, 1.165) is 18.9 Å². The van der Waals surface area contributed by atoms with Gasteiger partial charge in [-0.3, -0.25) is 0 Å². The van der Waals surface area contributed by atoms with Gasteiger partial charge >= 0.3 is 0 Å². The van der Waals surface area contributed by atoms with E-state index in [0.29, 0.717) is 17.6 Å². The van der Waals surface area contributed by atoms with Gasteiger partial charge in [0.2, 0.25) is 5.88 Å². The van der Waals surface area contributed by atoms with Crippen molar-refractivity contribution in [3.63, 3.8) is 0 Å². The zero-order valence-electron chi connectivity index (χ0n) is 10.5. The molecule has 1 saturated carbocycles. The third-order valence-electron chi connectivity index (χ3n) is 2.96. The number of nitrogens with two attached hydrogens (primary N) is 1. The fourth-order valence-corrected chi connectivity index (χ4v) is 1.80. The van der Waals surface area contributed by atoms with E-state index in [1.165, 1.54) is 18.2 Å². The molecule has 0 amide bonds. The molecule has 0 spiro atoms. The summed E-state index contributed by atoms with van der Waals surface area (Å²) in [6.45, 7) is 0. The minimum absolute atomic E-state index is 0.00356. The number of rotatable bonds is 3. The number of anilines is 1. The molecule has 6 heteroatoms. The lowest BCUT2D eigenvalue weighted by Crippen LogP contribution is -2.01. The summed E-state index contributed by atoms with van der Waals surface area (Å²) in [6, 6.07) is 7.29. The van der Waals surface area contributed by atoms with E-state index in [1.807, 2.05) is 6.07 Å². The Bertz CT molecular complexity index is 707. The topological polar surface area (TPSA) is 84.8 Å². The maximum Gasteiger partial charge on any atom is 0.224 e. The molecule has 0 saturated heterocycles. The molecule has 1 aromatic heterocycles. The van der Waals surface area contributed by atoms with Crippen LogP contribution in [0.15, 0.2) is 24.3 Å². The van der Waals surface area contributed by atoms with E-state index in [4.69, 9.17) is 15.7 Å². The van der Waals surface area contributed by atoms with Crippen LogP contribution in [0.3, 0.4) is 0 Å². The van der Waals surface area contributed by atoms with Crippen LogP contribution in [0.2, 0.25) is 0 Å². The third-order valence-corrected chi connectivity index (χ3v) is 2.96. The van der Waals surface area contributed by atoms with Crippen molar-refractivity contribution >= 4 is 5.82 Å². The van der Waals surface area contributed by atoms with Crippen molar-refractivity contribution in [1.82, 2.24) is 9.97 Å². The summed E-state index contributed by atoms with van der Waals surface area (Å²) >= 11 is 0. The van der Waals surface area contributed by atoms with Crippen molar-refractivity contribution in [3.05, 3.63) is 41.5 Å². The Morgan fingerprint density at radius 3 is 2.75 bits per heavy atom. The average molecular weight is 270 g/mol. The summed E-state index contributed by atoms with van der Waals surface area (Å²) in [6.07, 6.45) is 2.07. The zero-order chi connectivity index (χ0) is 14.1. The molecule has 20 heavy (non-hydrogen) atoms. The van der Waals surface area contributed by atoms with Crippen LogP contribution in [-0.4, -0.2) is 9.97 Å². The summed E-state index contributed by atoms with van der Waals surface area (Å²) in [4.78, 5) is 8.37. The normalized spacial score (nSPS) is 13.8. The molecule has 1 aromatic carbocycles. The minimum atomic E-state index is -0.616. The number of aromatic nitrogens is 2. The average Bonchev–Trinajstić information content (AvgIpc) is 3.25. The first-order valence-corrected chi connectivity index (χ1v) is 6.17. The van der Waals surface area contributed by atoms with Crippen LogP contribution in [0, 0.1) is 17.1 Å². The molecule has 100 valence electrons. The smallest absolute Gasteiger partial charge is 0.224 e. The van der Waals surface area contributed by atoms with E-state index in [2.05, 4.69) is 9.97 Å². The second-order valence-corrected chi connectivity index (χ2v) is 4.62. The number of halogens is 1. The third kappa shape index (κ3) is 2.52. The van der Waals surface area contributed by atoms with Gasteiger partial charge in [0.15, 0.2) is 11.6 Å². The first-order valence-electron chi connectivity index (χ1n) is 6.17. The summed E-state index contributed by atoms with van der Waals surface area (Å²) < 4.78 is 19.1. The lowest BCUT2D eigenvalue weighted by Gasteiger charge is -2.08. The van der Waals surface area contributed by atoms with Crippen LogP contribution < -0.4 is 10.5 Å². The van der Waals surface area contributed by atoms with Crippen LogP contribution in [0.4, 0.5) is 10.2 Å². The zero-order valence-corrected chi connectivity index (χ0v) is 10.5. The van der Waals surface area contributed by atoms with Gasteiger partial charge in [-0.05, 0) is 31.0 Å². The fourth-order valence-electron chi connectivity index (χ4n) is 1.80. The van der Waals surface area contributed by atoms with Gasteiger partial charge in [0.05, 0.1) is 11.6 Å². The van der Waals surface area contributed by atoms with Crippen molar-refractivity contribution in [2.24, 2.45) is 0 Å². The molecule has 0 aliphatic heterocycles. The van der Waals surface area contributed by atoms with E-state index in [9.17, 15) is 4.39 Å². The Balaban J connectivity index is 1.89. The Morgan fingerprint density at radius 1 is 1.30 bits per heavy atom. The first kappa shape index (κ1) is 12.4. The maximum absolute atomic E-state index is 13.7. The van der Waals surface area contributed by atoms with E-state index >= 15 is 0 Å². The highest BCUT2D eigenvalue weighted by molar-refractivity contribution is 5.40. The van der Waals surface area contributed by atoms with Crippen molar-refractivity contribution in [2.45, 2.75) is 18.8 Å². The standard InChI is InChI=1S/C14H11FN4O/c15-10-5-8(7-16)1-4-11(10)20-13-6-12(17)18-14(19-13)9-2-3-9/h1,4-6,9H,2-3H2,(H2,17,18,19). The van der Waals surface area contributed by atoms with Gasteiger partial charge in [-0.2, -0.15) is 10.2 Å². The molecule has 3 rings (SSSR count). The number of nitrogens with zero attached hydrogens (tertiary/aromatic N) is 3. The lowest BCUT2D eigenvalue weighted by molar-refractivity contribution is 0.424. The van der Waals surface area contributed by atoms with Gasteiger partial charge in [0.1, 0.15) is 11.6 Å². The molecule has 1 heterocycles. The molecule has 1 aliphatic rings. The minimum Gasteiger partial charge on any atom is -0.436 e. The highest BCUT2D eigenvalue weighted by atomic mass is 19.1. The molecule has 1 aliphatic carbocycles. The molecule has 0 radical (unpaired) electrons. The summed E-state index contributed by atoms with van der Waals surface area (Å²) in [7, 11) is 0. The number of hydrogen-bond acceptors (Lipinski definition) is 5. The second kappa shape index (κ2) is 4.78. The predicted octanol–water partition coefficient (Wildman–Crippen LogP) is 2.74.